The minimum atomic E-state index is 0.880. The van der Waals surface area contributed by atoms with Gasteiger partial charge in [-0.3, -0.25) is 4.98 Å². The topological polar surface area (TPSA) is 50.7 Å². The zero-order valence-corrected chi connectivity index (χ0v) is 12.2. The lowest BCUT2D eigenvalue weighted by molar-refractivity contribution is 0.735. The molecule has 0 saturated heterocycles. The van der Waals surface area contributed by atoms with Gasteiger partial charge in [0.05, 0.1) is 16.9 Å². The fraction of sp³-hybridized carbons (Fsp3) is 0.167. The van der Waals surface area contributed by atoms with Crippen LogP contribution < -0.4 is 5.32 Å². The van der Waals surface area contributed by atoms with E-state index in [2.05, 4.69) is 56.9 Å². The molecule has 108 valence electrons. The van der Waals surface area contributed by atoms with E-state index in [9.17, 15) is 0 Å². The van der Waals surface area contributed by atoms with Crippen molar-refractivity contribution >= 4 is 16.5 Å². The van der Waals surface area contributed by atoms with Gasteiger partial charge in [0.1, 0.15) is 0 Å². The Bertz CT molecular complexity index is 837. The molecule has 4 nitrogen and oxygen atoms in total. The van der Waals surface area contributed by atoms with Gasteiger partial charge in [-0.2, -0.15) is 5.10 Å². The van der Waals surface area contributed by atoms with Gasteiger partial charge in [0.15, 0.2) is 0 Å². The summed E-state index contributed by atoms with van der Waals surface area (Å²) in [7, 11) is 0. The van der Waals surface area contributed by atoms with Gasteiger partial charge < -0.3 is 5.32 Å². The van der Waals surface area contributed by atoms with Crippen molar-refractivity contribution in [1.29, 1.82) is 0 Å². The van der Waals surface area contributed by atoms with Gasteiger partial charge in [0, 0.05) is 23.7 Å². The van der Waals surface area contributed by atoms with Crippen LogP contribution in [-0.4, -0.2) is 28.3 Å². The maximum atomic E-state index is 4.39. The number of benzene rings is 1. The summed E-state index contributed by atoms with van der Waals surface area (Å²) in [6.07, 6.45) is 5.01. The van der Waals surface area contributed by atoms with E-state index in [1.165, 1.54) is 5.57 Å². The van der Waals surface area contributed by atoms with Crippen LogP contribution in [0.2, 0.25) is 0 Å². The maximum Gasteiger partial charge on any atom is 0.0930 e. The molecule has 0 aliphatic carbocycles. The number of rotatable bonds is 2. The highest BCUT2D eigenvalue weighted by atomic mass is 15.1. The second-order valence-corrected chi connectivity index (χ2v) is 5.40. The summed E-state index contributed by atoms with van der Waals surface area (Å²) in [6.45, 7) is 1.92. The molecule has 1 N–H and O–H groups in total. The van der Waals surface area contributed by atoms with E-state index < -0.39 is 0 Å². The lowest BCUT2D eigenvalue weighted by Crippen LogP contribution is -2.20. The minimum absolute atomic E-state index is 0.880. The second kappa shape index (κ2) is 5.66. The molecule has 1 aromatic carbocycles. The Morgan fingerprint density at radius 3 is 2.68 bits per heavy atom. The molecule has 0 atom stereocenters. The number of nitrogens with zero attached hydrogens (tertiary/aromatic N) is 3. The fourth-order valence-corrected chi connectivity index (χ4v) is 2.74. The first-order chi connectivity index (χ1) is 10.9. The molecular formula is C18H16N4. The van der Waals surface area contributed by atoms with Crippen molar-refractivity contribution in [3.8, 4) is 11.3 Å². The van der Waals surface area contributed by atoms with E-state index >= 15 is 0 Å². The van der Waals surface area contributed by atoms with Gasteiger partial charge in [0.25, 0.3) is 0 Å². The normalized spacial score (nSPS) is 14.8. The van der Waals surface area contributed by atoms with Gasteiger partial charge >= 0.3 is 0 Å². The Kier molecular flexibility index (Phi) is 3.37. The van der Waals surface area contributed by atoms with Crippen molar-refractivity contribution in [2.45, 2.75) is 6.42 Å². The van der Waals surface area contributed by atoms with Crippen LogP contribution in [0.4, 0.5) is 0 Å². The predicted molar refractivity (Wildman–Crippen MR) is 88.2 cm³/mol. The fourth-order valence-electron chi connectivity index (χ4n) is 2.74. The van der Waals surface area contributed by atoms with Crippen LogP contribution in [0.1, 0.15) is 12.1 Å². The van der Waals surface area contributed by atoms with Crippen LogP contribution in [0.5, 0.6) is 0 Å². The summed E-state index contributed by atoms with van der Waals surface area (Å²) in [5.41, 5.74) is 5.16. The highest BCUT2D eigenvalue weighted by Gasteiger charge is 2.08. The summed E-state index contributed by atoms with van der Waals surface area (Å²) < 4.78 is 0. The van der Waals surface area contributed by atoms with Crippen molar-refractivity contribution < 1.29 is 0 Å². The van der Waals surface area contributed by atoms with E-state index in [1.54, 1.807) is 0 Å². The minimum Gasteiger partial charge on any atom is -0.313 e. The highest BCUT2D eigenvalue weighted by Crippen LogP contribution is 2.23. The number of nitrogens with one attached hydrogen (secondary N) is 1. The average Bonchev–Trinajstić information content (AvgIpc) is 2.62. The molecule has 3 aromatic rings. The SMILES string of the molecule is C1=C(c2ccc(-c3ccc4cccnc4c3)nn2)CCNC1. The first kappa shape index (κ1) is 13.1. The van der Waals surface area contributed by atoms with E-state index in [0.717, 1.165) is 47.4 Å². The van der Waals surface area contributed by atoms with Gasteiger partial charge in [-0.05, 0) is 42.8 Å². The Hall–Kier alpha value is -2.59. The molecule has 0 unspecified atom stereocenters. The van der Waals surface area contributed by atoms with Crippen LogP contribution in [0, 0.1) is 0 Å². The first-order valence-electron chi connectivity index (χ1n) is 7.49. The molecule has 4 heteroatoms. The summed E-state index contributed by atoms with van der Waals surface area (Å²) in [5, 5.41) is 13.2. The lowest BCUT2D eigenvalue weighted by atomic mass is 10.0. The van der Waals surface area contributed by atoms with Crippen LogP contribution in [0.15, 0.2) is 54.7 Å². The summed E-state index contributed by atoms with van der Waals surface area (Å²) >= 11 is 0. The van der Waals surface area contributed by atoms with Crippen molar-refractivity contribution in [1.82, 2.24) is 20.5 Å². The molecule has 0 bridgehead atoms. The van der Waals surface area contributed by atoms with E-state index in [-0.39, 0.29) is 0 Å². The monoisotopic (exact) mass is 288 g/mol. The summed E-state index contributed by atoms with van der Waals surface area (Å²) in [5.74, 6) is 0. The molecule has 1 aliphatic heterocycles. The third kappa shape index (κ3) is 2.49. The predicted octanol–water partition coefficient (Wildman–Crippen LogP) is 3.07. The Labute approximate surface area is 128 Å². The highest BCUT2D eigenvalue weighted by molar-refractivity contribution is 5.83. The number of fused-ring (bicyclic) bond motifs is 1. The molecule has 4 rings (SSSR count). The molecule has 2 aromatic heterocycles. The largest absolute Gasteiger partial charge is 0.313 e. The first-order valence-corrected chi connectivity index (χ1v) is 7.49. The molecule has 0 saturated carbocycles. The van der Waals surface area contributed by atoms with Crippen molar-refractivity contribution in [2.24, 2.45) is 0 Å². The zero-order valence-electron chi connectivity index (χ0n) is 12.2. The molecule has 22 heavy (non-hydrogen) atoms. The molecule has 0 spiro atoms. The lowest BCUT2D eigenvalue weighted by Gasteiger charge is -2.13. The average molecular weight is 288 g/mol. The van der Waals surface area contributed by atoms with Crippen LogP contribution >= 0.6 is 0 Å². The van der Waals surface area contributed by atoms with Gasteiger partial charge in [-0.1, -0.05) is 24.3 Å². The van der Waals surface area contributed by atoms with Crippen LogP contribution in [0.3, 0.4) is 0 Å². The van der Waals surface area contributed by atoms with E-state index in [4.69, 9.17) is 0 Å². The van der Waals surface area contributed by atoms with Crippen LogP contribution in [-0.2, 0) is 0 Å². The van der Waals surface area contributed by atoms with Gasteiger partial charge in [0.2, 0.25) is 0 Å². The molecule has 3 heterocycles. The van der Waals surface area contributed by atoms with Gasteiger partial charge in [-0.15, -0.1) is 5.10 Å². The third-order valence-electron chi connectivity index (χ3n) is 3.96. The third-order valence-corrected chi connectivity index (χ3v) is 3.96. The Morgan fingerprint density at radius 2 is 1.86 bits per heavy atom. The van der Waals surface area contributed by atoms with Crippen molar-refractivity contribution in [3.63, 3.8) is 0 Å². The molecule has 0 amide bonds. The number of pyridine rings is 1. The molecule has 0 radical (unpaired) electrons. The standard InChI is InChI=1S/C18H16N4/c1-2-13-3-4-15(12-18(13)20-9-1)17-6-5-16(21-22-17)14-7-10-19-11-8-14/h1-7,9,12,19H,8,10-11H2. The summed E-state index contributed by atoms with van der Waals surface area (Å²) in [4.78, 5) is 4.39. The van der Waals surface area contributed by atoms with E-state index in [1.807, 2.05) is 18.3 Å². The Morgan fingerprint density at radius 1 is 0.955 bits per heavy atom. The Balaban J connectivity index is 1.68. The number of aromatic nitrogens is 3. The number of hydrogen-bond donors (Lipinski definition) is 1. The van der Waals surface area contributed by atoms with E-state index in [0.29, 0.717) is 0 Å². The molecule has 1 aliphatic rings. The smallest absolute Gasteiger partial charge is 0.0930 e. The molecule has 0 fully saturated rings. The van der Waals surface area contributed by atoms with Gasteiger partial charge in [-0.25, -0.2) is 0 Å². The van der Waals surface area contributed by atoms with Crippen molar-refractivity contribution in [3.05, 3.63) is 60.4 Å². The van der Waals surface area contributed by atoms with Crippen molar-refractivity contribution in [2.75, 3.05) is 13.1 Å². The van der Waals surface area contributed by atoms with Crippen LogP contribution in [0.25, 0.3) is 27.7 Å². The molecular weight excluding hydrogens is 272 g/mol. The zero-order chi connectivity index (χ0) is 14.8. The summed E-state index contributed by atoms with van der Waals surface area (Å²) in [6, 6.07) is 14.3. The maximum absolute atomic E-state index is 4.39. The quantitative estimate of drug-likeness (QED) is 0.787. The second-order valence-electron chi connectivity index (χ2n) is 5.40. The number of hydrogen-bond acceptors (Lipinski definition) is 4.